The van der Waals surface area contributed by atoms with E-state index < -0.39 is 0 Å². The molecule has 0 aliphatic rings. The zero-order chi connectivity index (χ0) is 15.6. The van der Waals surface area contributed by atoms with E-state index in [0.29, 0.717) is 25.0 Å². The molecule has 0 heterocycles. The van der Waals surface area contributed by atoms with Crippen LogP contribution in [0.3, 0.4) is 0 Å². The Bertz CT molecular complexity index is 381. The van der Waals surface area contributed by atoms with Crippen molar-refractivity contribution >= 4 is 12.9 Å². The van der Waals surface area contributed by atoms with Gasteiger partial charge in [-0.3, -0.25) is 9.98 Å². The second kappa shape index (κ2) is 9.48. The minimum atomic E-state index is 0.00177. The summed E-state index contributed by atoms with van der Waals surface area (Å²) < 4.78 is 5.35. The van der Waals surface area contributed by atoms with Crippen LogP contribution in [-0.4, -0.2) is 26.3 Å². The van der Waals surface area contributed by atoms with E-state index >= 15 is 0 Å². The third-order valence-corrected chi connectivity index (χ3v) is 3.85. The number of allylic oxidation sites excluding steroid dienone is 2. The van der Waals surface area contributed by atoms with Crippen LogP contribution in [-0.2, 0) is 4.74 Å². The molecule has 4 nitrogen and oxygen atoms in total. The lowest BCUT2D eigenvalue weighted by Gasteiger charge is -2.32. The number of hydrogen-bond acceptors (Lipinski definition) is 4. The van der Waals surface area contributed by atoms with E-state index in [4.69, 9.17) is 10.5 Å². The lowest BCUT2D eigenvalue weighted by atomic mass is 9.73. The molecule has 0 aromatic carbocycles. The molecule has 0 aromatic heterocycles. The normalized spacial score (nSPS) is 15.7. The molecule has 0 radical (unpaired) electrons. The van der Waals surface area contributed by atoms with Crippen molar-refractivity contribution in [1.29, 1.82) is 0 Å². The minimum Gasteiger partial charge on any atom is -0.400 e. The quantitative estimate of drug-likeness (QED) is 0.518. The highest BCUT2D eigenvalue weighted by molar-refractivity contribution is 5.80. The van der Waals surface area contributed by atoms with Crippen LogP contribution in [0.4, 0.5) is 0 Å². The number of aliphatic imine (C=N–C) groups is 2. The maximum Gasteiger partial charge on any atom is 0.137 e. The molecule has 2 N–H and O–H groups in total. The lowest BCUT2D eigenvalue weighted by molar-refractivity contribution is 0.164. The SMILES string of the molecule is C=N/C=C(\C=NCOC/C(N)=C/C)C(C)(C)C(C)CC. The van der Waals surface area contributed by atoms with Crippen molar-refractivity contribution in [3.05, 3.63) is 23.5 Å². The number of rotatable bonds is 9. The monoisotopic (exact) mass is 279 g/mol. The van der Waals surface area contributed by atoms with E-state index in [1.807, 2.05) is 19.2 Å². The Hall–Kier alpha value is -1.42. The molecule has 0 rings (SSSR count). The molecule has 0 saturated heterocycles. The van der Waals surface area contributed by atoms with Crippen molar-refractivity contribution in [2.45, 2.75) is 41.0 Å². The fourth-order valence-electron chi connectivity index (χ4n) is 1.69. The average molecular weight is 279 g/mol. The van der Waals surface area contributed by atoms with Crippen molar-refractivity contribution in [2.75, 3.05) is 13.3 Å². The van der Waals surface area contributed by atoms with Gasteiger partial charge in [0, 0.05) is 18.1 Å². The first-order valence-electron chi connectivity index (χ1n) is 7.04. The zero-order valence-electron chi connectivity index (χ0n) is 13.5. The summed E-state index contributed by atoms with van der Waals surface area (Å²) in [6, 6.07) is 0. The molecule has 0 aromatic rings. The fourth-order valence-corrected chi connectivity index (χ4v) is 1.69. The summed E-state index contributed by atoms with van der Waals surface area (Å²) in [6.07, 6.45) is 6.52. The molecular formula is C16H29N3O. The number of ether oxygens (including phenoxy) is 1. The van der Waals surface area contributed by atoms with Crippen LogP contribution in [0.15, 0.2) is 33.5 Å². The third kappa shape index (κ3) is 6.15. The Kier molecular flexibility index (Phi) is 8.81. The maximum atomic E-state index is 5.64. The van der Waals surface area contributed by atoms with Gasteiger partial charge < -0.3 is 10.5 Å². The first kappa shape index (κ1) is 18.6. The highest BCUT2D eigenvalue weighted by Gasteiger charge is 2.27. The van der Waals surface area contributed by atoms with Crippen molar-refractivity contribution in [3.8, 4) is 0 Å². The second-order valence-corrected chi connectivity index (χ2v) is 5.45. The molecule has 0 spiro atoms. The van der Waals surface area contributed by atoms with E-state index in [0.717, 1.165) is 12.0 Å². The van der Waals surface area contributed by atoms with Gasteiger partial charge in [0.15, 0.2) is 0 Å². The molecule has 0 aliphatic carbocycles. The van der Waals surface area contributed by atoms with Gasteiger partial charge in [-0.1, -0.05) is 40.2 Å². The Morgan fingerprint density at radius 1 is 1.45 bits per heavy atom. The van der Waals surface area contributed by atoms with Crippen LogP contribution in [0.5, 0.6) is 0 Å². The van der Waals surface area contributed by atoms with Gasteiger partial charge in [0.2, 0.25) is 0 Å². The van der Waals surface area contributed by atoms with Gasteiger partial charge in [-0.05, 0) is 30.5 Å². The van der Waals surface area contributed by atoms with Gasteiger partial charge in [0.05, 0.1) is 6.61 Å². The molecule has 0 aliphatic heterocycles. The maximum absolute atomic E-state index is 5.64. The van der Waals surface area contributed by atoms with Crippen molar-refractivity contribution < 1.29 is 4.74 Å². The summed E-state index contributed by atoms with van der Waals surface area (Å²) in [5, 5.41) is 0. The standard InChI is InChI=1S/C16H29N3O/c1-7-13(3)16(4,5)14(9-18-6)10-19-12-20-11-15(17)8-2/h8-10,13H,6-7,11-12,17H2,1-5H3/b14-9+,15-8-,19-10?. The zero-order valence-corrected chi connectivity index (χ0v) is 13.5. The Morgan fingerprint density at radius 3 is 2.60 bits per heavy atom. The highest BCUT2D eigenvalue weighted by atomic mass is 16.5. The van der Waals surface area contributed by atoms with Crippen LogP contribution in [0, 0.1) is 11.3 Å². The molecule has 1 unspecified atom stereocenters. The summed E-state index contributed by atoms with van der Waals surface area (Å²) in [4.78, 5) is 8.18. The van der Waals surface area contributed by atoms with Gasteiger partial charge in [-0.2, -0.15) is 0 Å². The van der Waals surface area contributed by atoms with Gasteiger partial charge in [-0.25, -0.2) is 0 Å². The average Bonchev–Trinajstić information content (AvgIpc) is 2.44. The van der Waals surface area contributed by atoms with E-state index in [2.05, 4.69) is 44.4 Å². The van der Waals surface area contributed by atoms with E-state index in [9.17, 15) is 0 Å². The van der Waals surface area contributed by atoms with Crippen LogP contribution < -0.4 is 5.73 Å². The molecule has 0 fully saturated rings. The molecule has 4 heteroatoms. The summed E-state index contributed by atoms with van der Waals surface area (Å²) in [7, 11) is 0. The summed E-state index contributed by atoms with van der Waals surface area (Å²) in [5.41, 5.74) is 7.41. The Labute approximate surface area is 123 Å². The van der Waals surface area contributed by atoms with Crippen LogP contribution in [0.1, 0.15) is 41.0 Å². The topological polar surface area (TPSA) is 60.0 Å². The first-order valence-corrected chi connectivity index (χ1v) is 7.04. The lowest BCUT2D eigenvalue weighted by Crippen LogP contribution is -2.24. The highest BCUT2D eigenvalue weighted by Crippen LogP contribution is 2.35. The van der Waals surface area contributed by atoms with Gasteiger partial charge in [0.1, 0.15) is 6.73 Å². The predicted molar refractivity (Wildman–Crippen MR) is 88.1 cm³/mol. The summed E-state index contributed by atoms with van der Waals surface area (Å²) >= 11 is 0. The second-order valence-electron chi connectivity index (χ2n) is 5.45. The fraction of sp³-hybridized carbons (Fsp3) is 0.625. The van der Waals surface area contributed by atoms with E-state index in [1.165, 1.54) is 0 Å². The molecule has 114 valence electrons. The van der Waals surface area contributed by atoms with Gasteiger partial charge >= 0.3 is 0 Å². The van der Waals surface area contributed by atoms with Crippen molar-refractivity contribution in [2.24, 2.45) is 27.1 Å². The predicted octanol–water partition coefficient (Wildman–Crippen LogP) is 3.55. The summed E-state index contributed by atoms with van der Waals surface area (Å²) in [6.45, 7) is 14.9. The largest absolute Gasteiger partial charge is 0.400 e. The third-order valence-electron chi connectivity index (χ3n) is 3.85. The Morgan fingerprint density at radius 2 is 2.10 bits per heavy atom. The minimum absolute atomic E-state index is 0.00177. The number of nitrogens with zero attached hydrogens (tertiary/aromatic N) is 2. The molecule has 0 bridgehead atoms. The number of nitrogens with two attached hydrogens (primary N) is 1. The van der Waals surface area contributed by atoms with Crippen LogP contribution >= 0.6 is 0 Å². The summed E-state index contributed by atoms with van der Waals surface area (Å²) in [5.74, 6) is 0.529. The molecule has 20 heavy (non-hydrogen) atoms. The molecular weight excluding hydrogens is 250 g/mol. The van der Waals surface area contributed by atoms with E-state index in [-0.39, 0.29) is 5.41 Å². The van der Waals surface area contributed by atoms with Gasteiger partial charge in [0.25, 0.3) is 0 Å². The molecule has 0 saturated carbocycles. The van der Waals surface area contributed by atoms with Crippen molar-refractivity contribution in [3.63, 3.8) is 0 Å². The Balaban J connectivity index is 4.64. The van der Waals surface area contributed by atoms with Crippen LogP contribution in [0.25, 0.3) is 0 Å². The molecule has 0 amide bonds. The van der Waals surface area contributed by atoms with E-state index in [1.54, 1.807) is 6.20 Å². The van der Waals surface area contributed by atoms with Crippen molar-refractivity contribution in [1.82, 2.24) is 0 Å². The van der Waals surface area contributed by atoms with Crippen LogP contribution in [0.2, 0.25) is 0 Å². The first-order chi connectivity index (χ1) is 9.39. The number of hydrogen-bond donors (Lipinski definition) is 1. The molecule has 1 atom stereocenters. The smallest absolute Gasteiger partial charge is 0.137 e. The van der Waals surface area contributed by atoms with Gasteiger partial charge in [-0.15, -0.1) is 0 Å².